The summed E-state index contributed by atoms with van der Waals surface area (Å²) in [5.74, 6) is 0. The van der Waals surface area contributed by atoms with Crippen molar-refractivity contribution in [2.45, 2.75) is 38.9 Å². The third-order valence-corrected chi connectivity index (χ3v) is 3.63. The number of likely N-dealkylation sites (N-methyl/N-ethyl adjacent to an activating group) is 1. The van der Waals surface area contributed by atoms with E-state index in [0.29, 0.717) is 0 Å². The van der Waals surface area contributed by atoms with Gasteiger partial charge in [0.25, 0.3) is 0 Å². The molecule has 0 saturated carbocycles. The Morgan fingerprint density at radius 1 is 1.50 bits per heavy atom. The van der Waals surface area contributed by atoms with Gasteiger partial charge in [0.2, 0.25) is 0 Å². The van der Waals surface area contributed by atoms with Crippen molar-refractivity contribution in [1.82, 2.24) is 19.8 Å². The molecule has 0 saturated heterocycles. The summed E-state index contributed by atoms with van der Waals surface area (Å²) in [4.78, 5) is 6.75. The fraction of sp³-hybridized carbons (Fsp3) is 0.750. The maximum atomic E-state index is 4.48. The van der Waals surface area contributed by atoms with Crippen molar-refractivity contribution >= 4 is 0 Å². The molecular weight excluding hydrogens is 200 g/mol. The lowest BCUT2D eigenvalue weighted by Crippen LogP contribution is -2.42. The molecule has 2 rings (SSSR count). The molecule has 1 aliphatic rings. The zero-order valence-corrected chi connectivity index (χ0v) is 10.7. The summed E-state index contributed by atoms with van der Waals surface area (Å²) in [6.07, 6.45) is 3.09. The Kier molecular flexibility index (Phi) is 3.04. The second-order valence-corrected chi connectivity index (χ2v) is 5.40. The number of hydrogen-bond acceptors (Lipinski definition) is 3. The number of rotatable bonds is 3. The third-order valence-electron chi connectivity index (χ3n) is 3.63. The minimum atomic E-state index is 0.166. The van der Waals surface area contributed by atoms with Crippen molar-refractivity contribution in [3.05, 3.63) is 17.7 Å². The van der Waals surface area contributed by atoms with Gasteiger partial charge in [0.15, 0.2) is 0 Å². The third kappa shape index (κ3) is 2.13. The van der Waals surface area contributed by atoms with E-state index in [1.807, 2.05) is 6.33 Å². The van der Waals surface area contributed by atoms with Gasteiger partial charge in [-0.25, -0.2) is 4.98 Å². The molecule has 0 bridgehead atoms. The van der Waals surface area contributed by atoms with Gasteiger partial charge in [0, 0.05) is 37.3 Å². The molecule has 0 unspecified atom stereocenters. The zero-order chi connectivity index (χ0) is 11.8. The number of nitrogens with one attached hydrogen (secondary N) is 1. The number of aromatic nitrogens is 2. The predicted molar refractivity (Wildman–Crippen MR) is 65.4 cm³/mol. The first-order valence-corrected chi connectivity index (χ1v) is 5.92. The molecule has 4 heteroatoms. The monoisotopic (exact) mass is 222 g/mol. The van der Waals surface area contributed by atoms with Crippen molar-refractivity contribution in [1.29, 1.82) is 0 Å². The minimum absolute atomic E-state index is 0.166. The van der Waals surface area contributed by atoms with Gasteiger partial charge in [0.1, 0.15) is 0 Å². The van der Waals surface area contributed by atoms with E-state index in [1.54, 1.807) is 0 Å². The van der Waals surface area contributed by atoms with E-state index in [2.05, 4.69) is 47.7 Å². The summed E-state index contributed by atoms with van der Waals surface area (Å²) in [6, 6.07) is 0. The average molecular weight is 222 g/mol. The lowest BCUT2D eigenvalue weighted by atomic mass is 10.0. The van der Waals surface area contributed by atoms with Crippen LogP contribution in [0.4, 0.5) is 0 Å². The molecule has 1 aromatic heterocycles. The van der Waals surface area contributed by atoms with Gasteiger partial charge in [0.05, 0.1) is 12.0 Å². The largest absolute Gasteiger partial charge is 0.332 e. The van der Waals surface area contributed by atoms with E-state index in [-0.39, 0.29) is 5.54 Å². The maximum Gasteiger partial charge on any atom is 0.0952 e. The second kappa shape index (κ2) is 4.18. The van der Waals surface area contributed by atoms with Crippen LogP contribution in [0.1, 0.15) is 25.2 Å². The highest BCUT2D eigenvalue weighted by Crippen LogP contribution is 2.18. The van der Waals surface area contributed by atoms with Gasteiger partial charge in [-0.15, -0.1) is 0 Å². The number of nitrogens with zero attached hydrogens (tertiary/aromatic N) is 3. The van der Waals surface area contributed by atoms with Gasteiger partial charge in [-0.2, -0.15) is 0 Å². The van der Waals surface area contributed by atoms with Crippen LogP contribution < -0.4 is 5.32 Å². The maximum absolute atomic E-state index is 4.48. The smallest absolute Gasteiger partial charge is 0.0952 e. The molecule has 0 amide bonds. The van der Waals surface area contributed by atoms with E-state index in [1.165, 1.54) is 11.4 Å². The average Bonchev–Trinajstić information content (AvgIpc) is 2.61. The summed E-state index contributed by atoms with van der Waals surface area (Å²) >= 11 is 0. The van der Waals surface area contributed by atoms with Crippen LogP contribution in [0.3, 0.4) is 0 Å². The summed E-state index contributed by atoms with van der Waals surface area (Å²) in [7, 11) is 4.26. The standard InChI is InChI=1S/C12H22N4/c1-12(2,15(3)4)8-16-9-14-10-7-13-6-5-11(10)16/h9,13H,5-8H2,1-4H3. The van der Waals surface area contributed by atoms with E-state index >= 15 is 0 Å². The Bertz CT molecular complexity index is 365. The fourth-order valence-corrected chi connectivity index (χ4v) is 1.99. The van der Waals surface area contributed by atoms with Gasteiger partial charge < -0.3 is 14.8 Å². The molecule has 0 radical (unpaired) electrons. The Labute approximate surface area is 97.7 Å². The predicted octanol–water partition coefficient (Wildman–Crippen LogP) is 0.869. The Hall–Kier alpha value is -0.870. The molecule has 1 aliphatic heterocycles. The van der Waals surface area contributed by atoms with Crippen LogP contribution in [-0.2, 0) is 19.5 Å². The summed E-state index contributed by atoms with van der Waals surface area (Å²) < 4.78 is 2.32. The molecule has 16 heavy (non-hydrogen) atoms. The van der Waals surface area contributed by atoms with Gasteiger partial charge in [-0.05, 0) is 27.9 Å². The Morgan fingerprint density at radius 3 is 2.94 bits per heavy atom. The van der Waals surface area contributed by atoms with Crippen LogP contribution in [0.25, 0.3) is 0 Å². The number of hydrogen-bond donors (Lipinski definition) is 1. The normalized spacial score (nSPS) is 16.6. The van der Waals surface area contributed by atoms with E-state index in [0.717, 1.165) is 26.1 Å². The molecule has 90 valence electrons. The molecule has 1 N–H and O–H groups in total. The lowest BCUT2D eigenvalue weighted by Gasteiger charge is -2.33. The topological polar surface area (TPSA) is 33.1 Å². The lowest BCUT2D eigenvalue weighted by molar-refractivity contribution is 0.168. The second-order valence-electron chi connectivity index (χ2n) is 5.40. The van der Waals surface area contributed by atoms with Crippen molar-refractivity contribution < 1.29 is 0 Å². The first kappa shape index (κ1) is 11.6. The van der Waals surface area contributed by atoms with Gasteiger partial charge in [-0.3, -0.25) is 0 Å². The van der Waals surface area contributed by atoms with Crippen molar-refractivity contribution in [3.63, 3.8) is 0 Å². The highest BCUT2D eigenvalue weighted by Gasteiger charge is 2.24. The fourth-order valence-electron chi connectivity index (χ4n) is 1.99. The SMILES string of the molecule is CN(C)C(C)(C)Cn1cnc2c1CCNC2. The van der Waals surface area contributed by atoms with Crippen LogP contribution >= 0.6 is 0 Å². The first-order chi connectivity index (χ1) is 7.50. The van der Waals surface area contributed by atoms with Crippen LogP contribution in [0.5, 0.6) is 0 Å². The van der Waals surface area contributed by atoms with Crippen LogP contribution in [0, 0.1) is 0 Å². The molecule has 2 heterocycles. The Balaban J connectivity index is 2.19. The molecular formula is C12H22N4. The van der Waals surface area contributed by atoms with Crippen LogP contribution in [0.2, 0.25) is 0 Å². The summed E-state index contributed by atoms with van der Waals surface area (Å²) in [5, 5.41) is 3.35. The van der Waals surface area contributed by atoms with E-state index in [4.69, 9.17) is 0 Å². The Morgan fingerprint density at radius 2 is 2.25 bits per heavy atom. The van der Waals surface area contributed by atoms with Crippen LogP contribution in [-0.4, -0.2) is 40.6 Å². The number of fused-ring (bicyclic) bond motifs is 1. The number of imidazole rings is 1. The highest BCUT2D eigenvalue weighted by atomic mass is 15.2. The molecule has 0 aliphatic carbocycles. The summed E-state index contributed by atoms with van der Waals surface area (Å²) in [5.41, 5.74) is 2.80. The first-order valence-electron chi connectivity index (χ1n) is 5.92. The van der Waals surface area contributed by atoms with Gasteiger partial charge in [-0.1, -0.05) is 0 Å². The van der Waals surface area contributed by atoms with E-state index < -0.39 is 0 Å². The summed E-state index contributed by atoms with van der Waals surface area (Å²) in [6.45, 7) is 7.52. The molecule has 0 spiro atoms. The molecule has 0 aromatic carbocycles. The van der Waals surface area contributed by atoms with Crippen LogP contribution in [0.15, 0.2) is 6.33 Å². The molecule has 1 aromatic rings. The molecule has 0 fully saturated rings. The quantitative estimate of drug-likeness (QED) is 0.824. The van der Waals surface area contributed by atoms with Crippen molar-refractivity contribution in [3.8, 4) is 0 Å². The van der Waals surface area contributed by atoms with Crippen molar-refractivity contribution in [2.75, 3.05) is 20.6 Å². The van der Waals surface area contributed by atoms with Crippen molar-refractivity contribution in [2.24, 2.45) is 0 Å². The zero-order valence-electron chi connectivity index (χ0n) is 10.7. The van der Waals surface area contributed by atoms with E-state index in [9.17, 15) is 0 Å². The minimum Gasteiger partial charge on any atom is -0.332 e. The molecule has 4 nitrogen and oxygen atoms in total. The molecule has 0 atom stereocenters. The highest BCUT2D eigenvalue weighted by molar-refractivity contribution is 5.16. The van der Waals surface area contributed by atoms with Gasteiger partial charge >= 0.3 is 0 Å².